The summed E-state index contributed by atoms with van der Waals surface area (Å²) >= 11 is 3.47. The fourth-order valence-corrected chi connectivity index (χ4v) is 2.09. The largest absolute Gasteiger partial charge is 0.490 e. The van der Waals surface area contributed by atoms with Gasteiger partial charge in [0, 0.05) is 11.0 Å². The van der Waals surface area contributed by atoms with Crippen molar-refractivity contribution in [2.75, 3.05) is 13.2 Å². The van der Waals surface area contributed by atoms with Crippen molar-refractivity contribution in [2.45, 2.75) is 33.4 Å². The maximum atomic E-state index is 10.5. The third-order valence-electron chi connectivity index (χ3n) is 2.37. The van der Waals surface area contributed by atoms with Gasteiger partial charge in [0.15, 0.2) is 11.5 Å². The Balaban J connectivity index is 2.90. The lowest BCUT2D eigenvalue weighted by Crippen LogP contribution is -2.22. The first-order valence-electron chi connectivity index (χ1n) is 6.48. The van der Waals surface area contributed by atoms with E-state index in [0.717, 1.165) is 10.0 Å². The summed E-state index contributed by atoms with van der Waals surface area (Å²) in [5.74, 6) is 0.457. The highest BCUT2D eigenvalue weighted by molar-refractivity contribution is 9.10. The summed E-state index contributed by atoms with van der Waals surface area (Å²) < 4.78 is 12.1. The predicted molar refractivity (Wildman–Crippen MR) is 80.4 cm³/mol. The first kappa shape index (κ1) is 16.8. The molecule has 0 heterocycles. The summed E-state index contributed by atoms with van der Waals surface area (Å²) in [4.78, 5) is 10.5. The zero-order valence-electron chi connectivity index (χ0n) is 11.9. The molecule has 20 heavy (non-hydrogen) atoms. The molecule has 0 saturated carbocycles. The molecule has 2 N–H and O–H groups in total. The number of carboxylic acid groups (broad SMARTS) is 1. The number of carbonyl (C=O) groups is 1. The number of rotatable bonds is 8. The average Bonchev–Trinajstić information content (AvgIpc) is 2.33. The predicted octanol–water partition coefficient (Wildman–Crippen LogP) is 2.81. The molecule has 1 aromatic carbocycles. The number of aliphatic carboxylic acids is 1. The topological polar surface area (TPSA) is 67.8 Å². The van der Waals surface area contributed by atoms with E-state index >= 15 is 0 Å². The fourth-order valence-electron chi connectivity index (χ4n) is 1.63. The zero-order valence-corrected chi connectivity index (χ0v) is 13.5. The minimum atomic E-state index is -0.883. The van der Waals surface area contributed by atoms with Crippen molar-refractivity contribution in [3.63, 3.8) is 0 Å². The van der Waals surface area contributed by atoms with Gasteiger partial charge in [0.25, 0.3) is 0 Å². The Labute approximate surface area is 127 Å². The van der Waals surface area contributed by atoms with Crippen LogP contribution in [-0.2, 0) is 11.3 Å². The second kappa shape index (κ2) is 8.11. The quantitative estimate of drug-likeness (QED) is 0.758. The second-order valence-corrected chi connectivity index (χ2v) is 5.34. The van der Waals surface area contributed by atoms with Crippen LogP contribution in [-0.4, -0.2) is 30.3 Å². The Morgan fingerprint density at radius 1 is 1.40 bits per heavy atom. The molecular weight excluding hydrogens is 326 g/mol. The summed E-state index contributed by atoms with van der Waals surface area (Å²) in [6.45, 7) is 6.70. The summed E-state index contributed by atoms with van der Waals surface area (Å²) in [5, 5.41) is 11.5. The van der Waals surface area contributed by atoms with Crippen LogP contribution in [0.3, 0.4) is 0 Å². The molecule has 6 heteroatoms. The molecule has 1 rings (SSSR count). The number of ether oxygens (including phenoxy) is 2. The maximum Gasteiger partial charge on any atom is 0.317 e. The van der Waals surface area contributed by atoms with Crippen molar-refractivity contribution in [1.29, 1.82) is 0 Å². The third-order valence-corrected chi connectivity index (χ3v) is 3.11. The van der Waals surface area contributed by atoms with Gasteiger partial charge in [0.1, 0.15) is 0 Å². The number of hydrogen-bond acceptors (Lipinski definition) is 4. The molecule has 0 spiro atoms. The molecule has 0 aliphatic carbocycles. The van der Waals surface area contributed by atoms with Gasteiger partial charge in [0.05, 0.1) is 19.3 Å². The third kappa shape index (κ3) is 5.38. The molecular formula is C14H20BrNO4. The van der Waals surface area contributed by atoms with Crippen LogP contribution < -0.4 is 14.8 Å². The van der Waals surface area contributed by atoms with Crippen LogP contribution in [0.15, 0.2) is 16.6 Å². The normalized spacial score (nSPS) is 10.7. The number of carboxylic acids is 1. The lowest BCUT2D eigenvalue weighted by atomic mass is 10.2. The molecule has 112 valence electrons. The summed E-state index contributed by atoms with van der Waals surface area (Å²) in [6, 6.07) is 3.71. The van der Waals surface area contributed by atoms with Crippen molar-refractivity contribution in [2.24, 2.45) is 0 Å². The lowest BCUT2D eigenvalue weighted by molar-refractivity contribution is -0.135. The van der Waals surface area contributed by atoms with Gasteiger partial charge in [-0.15, -0.1) is 0 Å². The van der Waals surface area contributed by atoms with Crippen LogP contribution in [0.4, 0.5) is 0 Å². The second-order valence-electron chi connectivity index (χ2n) is 4.49. The van der Waals surface area contributed by atoms with E-state index < -0.39 is 5.97 Å². The van der Waals surface area contributed by atoms with E-state index in [2.05, 4.69) is 21.2 Å². The minimum absolute atomic E-state index is 0.0529. The van der Waals surface area contributed by atoms with Crippen LogP contribution in [0.25, 0.3) is 0 Å². The highest BCUT2D eigenvalue weighted by Gasteiger charge is 2.12. The van der Waals surface area contributed by atoms with E-state index in [4.69, 9.17) is 14.6 Å². The van der Waals surface area contributed by atoms with Gasteiger partial charge in [-0.25, -0.2) is 0 Å². The Morgan fingerprint density at radius 3 is 2.65 bits per heavy atom. The number of hydrogen-bond donors (Lipinski definition) is 2. The lowest BCUT2D eigenvalue weighted by Gasteiger charge is -2.17. The molecule has 5 nitrogen and oxygen atoms in total. The number of benzene rings is 1. The van der Waals surface area contributed by atoms with Crippen molar-refractivity contribution in [3.8, 4) is 11.5 Å². The van der Waals surface area contributed by atoms with Gasteiger partial charge >= 0.3 is 5.97 Å². The molecule has 0 amide bonds. The first-order valence-corrected chi connectivity index (χ1v) is 7.27. The van der Waals surface area contributed by atoms with E-state index in [-0.39, 0.29) is 12.6 Å². The molecule has 1 aromatic rings. The minimum Gasteiger partial charge on any atom is -0.490 e. The monoisotopic (exact) mass is 345 g/mol. The van der Waals surface area contributed by atoms with E-state index in [1.807, 2.05) is 32.9 Å². The van der Waals surface area contributed by atoms with Gasteiger partial charge in [-0.3, -0.25) is 4.79 Å². The average molecular weight is 346 g/mol. The first-order chi connectivity index (χ1) is 9.43. The summed E-state index contributed by atoms with van der Waals surface area (Å²) in [6.07, 6.45) is 0.0529. The van der Waals surface area contributed by atoms with Gasteiger partial charge in [-0.05, 0) is 38.5 Å². The van der Waals surface area contributed by atoms with Crippen molar-refractivity contribution in [3.05, 3.63) is 22.2 Å². The smallest absolute Gasteiger partial charge is 0.317 e. The Bertz CT molecular complexity index is 463. The molecule has 0 unspecified atom stereocenters. The van der Waals surface area contributed by atoms with Crippen LogP contribution in [0.2, 0.25) is 0 Å². The summed E-state index contributed by atoms with van der Waals surface area (Å²) in [7, 11) is 0. The SMILES string of the molecule is CCOc1cc(CNCC(=O)O)c(Br)cc1OC(C)C. The van der Waals surface area contributed by atoms with Crippen LogP contribution in [0.5, 0.6) is 11.5 Å². The summed E-state index contributed by atoms with van der Waals surface area (Å²) in [5.41, 5.74) is 0.922. The molecule has 0 aliphatic rings. The van der Waals surface area contributed by atoms with Gasteiger partial charge in [-0.2, -0.15) is 0 Å². The van der Waals surface area contributed by atoms with Gasteiger partial charge in [-0.1, -0.05) is 15.9 Å². The standard InChI is InChI=1S/C14H20BrNO4/c1-4-19-12-5-10(7-16-8-14(17)18)11(15)6-13(12)20-9(2)3/h5-6,9,16H,4,7-8H2,1-3H3,(H,17,18). The van der Waals surface area contributed by atoms with Crippen molar-refractivity contribution < 1.29 is 19.4 Å². The molecule has 0 aromatic heterocycles. The Kier molecular flexibility index (Phi) is 6.81. The van der Waals surface area contributed by atoms with Crippen molar-refractivity contribution >= 4 is 21.9 Å². The van der Waals surface area contributed by atoms with Gasteiger partial charge in [0.2, 0.25) is 0 Å². The maximum absolute atomic E-state index is 10.5. The Morgan fingerprint density at radius 2 is 2.10 bits per heavy atom. The van der Waals surface area contributed by atoms with E-state index in [1.54, 1.807) is 0 Å². The molecule has 0 radical (unpaired) electrons. The molecule has 0 aliphatic heterocycles. The zero-order chi connectivity index (χ0) is 15.1. The highest BCUT2D eigenvalue weighted by Crippen LogP contribution is 2.34. The molecule has 0 saturated heterocycles. The highest BCUT2D eigenvalue weighted by atomic mass is 79.9. The molecule has 0 bridgehead atoms. The molecule has 0 fully saturated rings. The van der Waals surface area contributed by atoms with E-state index in [1.165, 1.54) is 0 Å². The van der Waals surface area contributed by atoms with Crippen LogP contribution in [0.1, 0.15) is 26.3 Å². The van der Waals surface area contributed by atoms with E-state index in [0.29, 0.717) is 24.7 Å². The van der Waals surface area contributed by atoms with Crippen LogP contribution in [0, 0.1) is 0 Å². The van der Waals surface area contributed by atoms with E-state index in [9.17, 15) is 4.79 Å². The van der Waals surface area contributed by atoms with Crippen molar-refractivity contribution in [1.82, 2.24) is 5.32 Å². The van der Waals surface area contributed by atoms with Gasteiger partial charge < -0.3 is 19.9 Å². The van der Waals surface area contributed by atoms with Crippen LogP contribution >= 0.6 is 15.9 Å². The number of nitrogens with one attached hydrogen (secondary N) is 1. The fraction of sp³-hybridized carbons (Fsp3) is 0.500. The molecule has 0 atom stereocenters. The Hall–Kier alpha value is -1.27. The number of halogens is 1.